The first-order valence-corrected chi connectivity index (χ1v) is 8.96. The fourth-order valence-corrected chi connectivity index (χ4v) is 2.93. The molecular formula is C18H27F3IN5O. The van der Waals surface area contributed by atoms with Crippen LogP contribution in [0.1, 0.15) is 26.7 Å². The maximum absolute atomic E-state index is 13.6. The molecule has 0 radical (unpaired) electrons. The number of hydrogen-bond acceptors (Lipinski definition) is 3. The van der Waals surface area contributed by atoms with E-state index in [4.69, 9.17) is 0 Å². The maximum Gasteiger partial charge on any atom is 0.243 e. The van der Waals surface area contributed by atoms with Crippen molar-refractivity contribution in [2.75, 3.05) is 32.0 Å². The third-order valence-electron chi connectivity index (χ3n) is 4.55. The fraction of sp³-hybridized carbons (Fsp3) is 0.556. The van der Waals surface area contributed by atoms with Gasteiger partial charge in [-0.1, -0.05) is 0 Å². The van der Waals surface area contributed by atoms with E-state index in [-0.39, 0.29) is 36.6 Å². The minimum absolute atomic E-state index is 0. The summed E-state index contributed by atoms with van der Waals surface area (Å²) < 4.78 is 39.7. The molecular weight excluding hydrogens is 486 g/mol. The van der Waals surface area contributed by atoms with Gasteiger partial charge < -0.3 is 20.9 Å². The molecule has 1 amide bonds. The Balaban J connectivity index is 0.00000392. The van der Waals surface area contributed by atoms with Crippen LogP contribution in [0, 0.1) is 17.5 Å². The standard InChI is InChI=1S/C18H26F3N5O.HI/c1-11(2)26-8-6-12(7-9-26)24-18(22-3)23-10-15(27)25-14-5-4-13(19)16(20)17(14)21;/h4-5,11-12H,6-10H2,1-3H3,(H,25,27)(H2,22,23,24);1H. The summed E-state index contributed by atoms with van der Waals surface area (Å²) in [6.07, 6.45) is 1.93. The van der Waals surface area contributed by atoms with Crippen molar-refractivity contribution in [3.8, 4) is 0 Å². The van der Waals surface area contributed by atoms with E-state index in [2.05, 4.69) is 39.7 Å². The van der Waals surface area contributed by atoms with E-state index in [9.17, 15) is 18.0 Å². The zero-order valence-corrected chi connectivity index (χ0v) is 18.5. The molecule has 1 saturated heterocycles. The number of amides is 1. The average molecular weight is 513 g/mol. The van der Waals surface area contributed by atoms with E-state index in [0.717, 1.165) is 38.1 Å². The van der Waals surface area contributed by atoms with E-state index < -0.39 is 29.0 Å². The van der Waals surface area contributed by atoms with Crippen molar-refractivity contribution in [3.05, 3.63) is 29.6 Å². The zero-order valence-electron chi connectivity index (χ0n) is 16.2. The molecule has 28 heavy (non-hydrogen) atoms. The van der Waals surface area contributed by atoms with Crippen LogP contribution in [-0.2, 0) is 4.79 Å². The van der Waals surface area contributed by atoms with Crippen LogP contribution in [0.2, 0.25) is 0 Å². The van der Waals surface area contributed by atoms with Crippen molar-refractivity contribution in [1.29, 1.82) is 0 Å². The Labute approximate surface area is 180 Å². The molecule has 0 aliphatic carbocycles. The second-order valence-corrected chi connectivity index (χ2v) is 6.75. The van der Waals surface area contributed by atoms with E-state index in [0.29, 0.717) is 12.0 Å². The smallest absolute Gasteiger partial charge is 0.243 e. The first-order valence-electron chi connectivity index (χ1n) is 8.96. The van der Waals surface area contributed by atoms with E-state index in [1.54, 1.807) is 7.05 Å². The summed E-state index contributed by atoms with van der Waals surface area (Å²) in [5, 5.41) is 8.31. The summed E-state index contributed by atoms with van der Waals surface area (Å²) in [5.41, 5.74) is -0.412. The van der Waals surface area contributed by atoms with Crippen LogP contribution >= 0.6 is 24.0 Å². The minimum Gasteiger partial charge on any atom is -0.354 e. The number of nitrogens with zero attached hydrogens (tertiary/aromatic N) is 2. The van der Waals surface area contributed by atoms with Gasteiger partial charge >= 0.3 is 0 Å². The summed E-state index contributed by atoms with van der Waals surface area (Å²) >= 11 is 0. The van der Waals surface area contributed by atoms with E-state index in [1.165, 1.54) is 0 Å². The van der Waals surface area contributed by atoms with Gasteiger partial charge in [-0.05, 0) is 38.8 Å². The molecule has 158 valence electrons. The van der Waals surface area contributed by atoms with Gasteiger partial charge in [0.05, 0.1) is 12.2 Å². The lowest BCUT2D eigenvalue weighted by molar-refractivity contribution is -0.115. The predicted octanol–water partition coefficient (Wildman–Crippen LogP) is 2.70. The Kier molecular flexibility index (Phi) is 10.0. The van der Waals surface area contributed by atoms with Gasteiger partial charge in [0.15, 0.2) is 23.4 Å². The molecule has 0 unspecified atom stereocenters. The highest BCUT2D eigenvalue weighted by atomic mass is 127. The summed E-state index contributed by atoms with van der Waals surface area (Å²) in [5.74, 6) is -4.50. The summed E-state index contributed by atoms with van der Waals surface area (Å²) in [7, 11) is 1.59. The maximum atomic E-state index is 13.6. The van der Waals surface area contributed by atoms with Crippen LogP contribution in [0.3, 0.4) is 0 Å². The number of hydrogen-bond donors (Lipinski definition) is 3. The lowest BCUT2D eigenvalue weighted by Gasteiger charge is -2.35. The number of carbonyl (C=O) groups excluding carboxylic acids is 1. The van der Waals surface area contributed by atoms with Crippen molar-refractivity contribution in [2.45, 2.75) is 38.8 Å². The van der Waals surface area contributed by atoms with Gasteiger partial charge in [-0.3, -0.25) is 9.79 Å². The first kappa shape index (κ1) is 24.5. The third-order valence-corrected chi connectivity index (χ3v) is 4.55. The summed E-state index contributed by atoms with van der Waals surface area (Å²) in [4.78, 5) is 18.4. The SMILES string of the molecule is CN=C(NCC(=O)Nc1ccc(F)c(F)c1F)NC1CCN(C(C)C)CC1.I. The number of halogens is 4. The van der Waals surface area contributed by atoms with Crippen LogP contribution in [0.15, 0.2) is 17.1 Å². The predicted molar refractivity (Wildman–Crippen MR) is 115 cm³/mol. The van der Waals surface area contributed by atoms with Gasteiger partial charge in [0.2, 0.25) is 5.91 Å². The summed E-state index contributed by atoms with van der Waals surface area (Å²) in [6.45, 7) is 6.12. The van der Waals surface area contributed by atoms with Crippen molar-refractivity contribution < 1.29 is 18.0 Å². The number of carbonyl (C=O) groups is 1. The molecule has 1 aromatic rings. The molecule has 0 saturated carbocycles. The van der Waals surface area contributed by atoms with E-state index >= 15 is 0 Å². The van der Waals surface area contributed by atoms with Crippen molar-refractivity contribution in [1.82, 2.24) is 15.5 Å². The lowest BCUT2D eigenvalue weighted by Crippen LogP contribution is -2.50. The zero-order chi connectivity index (χ0) is 20.0. The number of rotatable bonds is 5. The molecule has 0 spiro atoms. The highest BCUT2D eigenvalue weighted by molar-refractivity contribution is 14.0. The minimum atomic E-state index is -1.62. The second-order valence-electron chi connectivity index (χ2n) is 6.75. The largest absolute Gasteiger partial charge is 0.354 e. The Bertz CT molecular complexity index is 694. The molecule has 1 fully saturated rings. The van der Waals surface area contributed by atoms with Gasteiger partial charge in [-0.15, -0.1) is 24.0 Å². The van der Waals surface area contributed by atoms with Crippen molar-refractivity contribution >= 4 is 41.5 Å². The molecule has 1 aromatic carbocycles. The van der Waals surface area contributed by atoms with Crippen molar-refractivity contribution in [2.24, 2.45) is 4.99 Å². The molecule has 0 atom stereocenters. The Morgan fingerprint density at radius 3 is 2.43 bits per heavy atom. The molecule has 2 rings (SSSR count). The number of benzene rings is 1. The monoisotopic (exact) mass is 513 g/mol. The molecule has 0 bridgehead atoms. The third kappa shape index (κ3) is 6.80. The Morgan fingerprint density at radius 1 is 1.21 bits per heavy atom. The van der Waals surface area contributed by atoms with Gasteiger partial charge in [-0.25, -0.2) is 13.2 Å². The number of guanidine groups is 1. The molecule has 6 nitrogen and oxygen atoms in total. The quantitative estimate of drug-likeness (QED) is 0.245. The number of aliphatic imine (C=N–C) groups is 1. The van der Waals surface area contributed by atoms with Crippen LogP contribution in [0.25, 0.3) is 0 Å². The Morgan fingerprint density at radius 2 is 1.86 bits per heavy atom. The Hall–Kier alpha value is -1.56. The molecule has 3 N–H and O–H groups in total. The summed E-state index contributed by atoms with van der Waals surface area (Å²) in [6, 6.07) is 2.49. The highest BCUT2D eigenvalue weighted by Crippen LogP contribution is 2.19. The van der Waals surface area contributed by atoms with Crippen LogP contribution in [0.4, 0.5) is 18.9 Å². The number of nitrogens with one attached hydrogen (secondary N) is 3. The van der Waals surface area contributed by atoms with Crippen LogP contribution in [0.5, 0.6) is 0 Å². The van der Waals surface area contributed by atoms with Gasteiger partial charge in [0.25, 0.3) is 0 Å². The lowest BCUT2D eigenvalue weighted by atomic mass is 10.0. The molecule has 1 heterocycles. The molecule has 10 heteroatoms. The van der Waals surface area contributed by atoms with Gasteiger partial charge in [-0.2, -0.15) is 0 Å². The van der Waals surface area contributed by atoms with Crippen LogP contribution in [-0.4, -0.2) is 55.5 Å². The van der Waals surface area contributed by atoms with Crippen LogP contribution < -0.4 is 16.0 Å². The normalized spacial score (nSPS) is 15.9. The number of anilines is 1. The average Bonchev–Trinajstić information content (AvgIpc) is 2.66. The molecule has 1 aliphatic rings. The fourth-order valence-electron chi connectivity index (χ4n) is 2.93. The van der Waals surface area contributed by atoms with Gasteiger partial charge in [0, 0.05) is 32.2 Å². The molecule has 0 aromatic heterocycles. The number of likely N-dealkylation sites (tertiary alicyclic amines) is 1. The molecule has 1 aliphatic heterocycles. The highest BCUT2D eigenvalue weighted by Gasteiger charge is 2.21. The number of piperidine rings is 1. The first-order chi connectivity index (χ1) is 12.8. The second kappa shape index (κ2) is 11.4. The van der Waals surface area contributed by atoms with E-state index in [1.807, 2.05) is 0 Å². The van der Waals surface area contributed by atoms with Gasteiger partial charge in [0.1, 0.15) is 0 Å². The topological polar surface area (TPSA) is 68.8 Å². The van der Waals surface area contributed by atoms with Crippen molar-refractivity contribution in [3.63, 3.8) is 0 Å².